The van der Waals surface area contributed by atoms with E-state index >= 15 is 0 Å². The summed E-state index contributed by atoms with van der Waals surface area (Å²) in [4.78, 5) is 28.8. The molecule has 1 N–H and O–H groups in total. The second-order valence-corrected chi connectivity index (χ2v) is 11.5. The topological polar surface area (TPSA) is 96.0 Å². The van der Waals surface area contributed by atoms with E-state index in [4.69, 9.17) is 4.74 Å². The summed E-state index contributed by atoms with van der Waals surface area (Å²) in [6, 6.07) is 17.8. The molecule has 0 aliphatic heterocycles. The van der Waals surface area contributed by atoms with Crippen molar-refractivity contribution in [1.29, 1.82) is 0 Å². The van der Waals surface area contributed by atoms with E-state index in [0.29, 0.717) is 6.54 Å². The van der Waals surface area contributed by atoms with Gasteiger partial charge in [0.2, 0.25) is 11.8 Å². The molecule has 11 heteroatoms. The SMILES string of the molecule is CCNC(=O)[C@H](C)N(Cc1ccccc1F)C(=O)CN(c1ccccc1OCC)S(=O)(=O)c1ccc(SC)cc1. The lowest BCUT2D eigenvalue weighted by atomic mass is 10.1. The van der Waals surface area contributed by atoms with Crippen molar-refractivity contribution in [2.24, 2.45) is 0 Å². The van der Waals surface area contributed by atoms with Gasteiger partial charge in [0.15, 0.2) is 0 Å². The lowest BCUT2D eigenvalue weighted by Gasteiger charge is -2.32. The Labute approximate surface area is 239 Å². The van der Waals surface area contributed by atoms with Crippen LogP contribution in [-0.2, 0) is 26.2 Å². The summed E-state index contributed by atoms with van der Waals surface area (Å²) in [5.74, 6) is -1.38. The first-order chi connectivity index (χ1) is 19.1. The van der Waals surface area contributed by atoms with Crippen molar-refractivity contribution < 1.29 is 27.1 Å². The number of ether oxygens (including phenoxy) is 1. The third kappa shape index (κ3) is 7.33. The van der Waals surface area contributed by atoms with E-state index < -0.39 is 40.2 Å². The number of nitrogens with zero attached hydrogens (tertiary/aromatic N) is 2. The maximum atomic E-state index is 14.6. The molecule has 0 bridgehead atoms. The van der Waals surface area contributed by atoms with Gasteiger partial charge in [0.25, 0.3) is 10.0 Å². The van der Waals surface area contributed by atoms with Gasteiger partial charge in [-0.25, -0.2) is 12.8 Å². The molecular formula is C29H34FN3O5S2. The summed E-state index contributed by atoms with van der Waals surface area (Å²) >= 11 is 1.47. The van der Waals surface area contributed by atoms with Gasteiger partial charge in [-0.2, -0.15) is 0 Å². The monoisotopic (exact) mass is 587 g/mol. The third-order valence-electron chi connectivity index (χ3n) is 6.18. The van der Waals surface area contributed by atoms with Crippen molar-refractivity contribution in [2.45, 2.75) is 43.1 Å². The predicted molar refractivity (Wildman–Crippen MR) is 155 cm³/mol. The second-order valence-electron chi connectivity index (χ2n) is 8.77. The average molecular weight is 588 g/mol. The van der Waals surface area contributed by atoms with Gasteiger partial charge in [0.1, 0.15) is 24.2 Å². The Morgan fingerprint density at radius 2 is 1.65 bits per heavy atom. The number of nitrogens with one attached hydrogen (secondary N) is 1. The normalized spacial score (nSPS) is 11.9. The summed E-state index contributed by atoms with van der Waals surface area (Å²) in [5, 5.41) is 2.68. The number of likely N-dealkylation sites (N-methyl/N-ethyl adjacent to an activating group) is 1. The Kier molecular flexibility index (Phi) is 11.0. The zero-order chi connectivity index (χ0) is 29.3. The van der Waals surface area contributed by atoms with Gasteiger partial charge in [-0.1, -0.05) is 30.3 Å². The number of anilines is 1. The number of hydrogen-bond acceptors (Lipinski definition) is 6. The van der Waals surface area contributed by atoms with E-state index in [1.54, 1.807) is 56.3 Å². The van der Waals surface area contributed by atoms with Gasteiger partial charge in [0.05, 0.1) is 17.2 Å². The minimum absolute atomic E-state index is 0.0122. The van der Waals surface area contributed by atoms with E-state index in [1.165, 1.54) is 53.9 Å². The van der Waals surface area contributed by atoms with Gasteiger partial charge in [-0.05, 0) is 69.5 Å². The fraction of sp³-hybridized carbons (Fsp3) is 0.310. The van der Waals surface area contributed by atoms with Crippen molar-refractivity contribution in [2.75, 3.05) is 30.3 Å². The van der Waals surface area contributed by atoms with Crippen LogP contribution in [-0.4, -0.2) is 57.1 Å². The molecule has 0 saturated heterocycles. The zero-order valence-corrected chi connectivity index (χ0v) is 24.6. The van der Waals surface area contributed by atoms with Crippen LogP contribution < -0.4 is 14.4 Å². The summed E-state index contributed by atoms with van der Waals surface area (Å²) < 4.78 is 49.3. The van der Waals surface area contributed by atoms with Crippen molar-refractivity contribution >= 4 is 39.3 Å². The highest BCUT2D eigenvalue weighted by molar-refractivity contribution is 7.98. The Bertz CT molecular complexity index is 1420. The highest BCUT2D eigenvalue weighted by Crippen LogP contribution is 2.33. The zero-order valence-electron chi connectivity index (χ0n) is 23.0. The van der Waals surface area contributed by atoms with Gasteiger partial charge in [0, 0.05) is 23.5 Å². The minimum Gasteiger partial charge on any atom is -0.492 e. The predicted octanol–water partition coefficient (Wildman–Crippen LogP) is 4.70. The van der Waals surface area contributed by atoms with E-state index in [-0.39, 0.29) is 35.0 Å². The fourth-order valence-corrected chi connectivity index (χ4v) is 5.88. The van der Waals surface area contributed by atoms with E-state index in [1.807, 2.05) is 6.26 Å². The van der Waals surface area contributed by atoms with Crippen LogP contribution in [0.25, 0.3) is 0 Å². The van der Waals surface area contributed by atoms with Crippen molar-refractivity contribution in [3.63, 3.8) is 0 Å². The number of benzene rings is 3. The number of amides is 2. The van der Waals surface area contributed by atoms with Gasteiger partial charge in [-0.3, -0.25) is 13.9 Å². The Balaban J connectivity index is 2.09. The average Bonchev–Trinajstić information content (AvgIpc) is 2.95. The maximum absolute atomic E-state index is 14.6. The van der Waals surface area contributed by atoms with Crippen molar-refractivity contribution in [3.05, 3.63) is 84.2 Å². The molecule has 1 atom stereocenters. The maximum Gasteiger partial charge on any atom is 0.264 e. The third-order valence-corrected chi connectivity index (χ3v) is 8.69. The largest absolute Gasteiger partial charge is 0.492 e. The smallest absolute Gasteiger partial charge is 0.264 e. The number of carbonyl (C=O) groups excluding carboxylic acids is 2. The van der Waals surface area contributed by atoms with Crippen LogP contribution in [0.3, 0.4) is 0 Å². The molecule has 0 radical (unpaired) electrons. The van der Waals surface area contributed by atoms with Crippen molar-refractivity contribution in [3.8, 4) is 5.75 Å². The Hall–Kier alpha value is -3.57. The van der Waals surface area contributed by atoms with Gasteiger partial charge >= 0.3 is 0 Å². The summed E-state index contributed by atoms with van der Waals surface area (Å²) in [7, 11) is -4.26. The van der Waals surface area contributed by atoms with E-state index in [9.17, 15) is 22.4 Å². The molecule has 0 heterocycles. The highest BCUT2D eigenvalue weighted by Gasteiger charge is 2.34. The van der Waals surface area contributed by atoms with Crippen LogP contribution in [0.15, 0.2) is 82.6 Å². The number of para-hydroxylation sites is 2. The van der Waals surface area contributed by atoms with E-state index in [2.05, 4.69) is 5.32 Å². The molecule has 3 aromatic carbocycles. The molecule has 0 unspecified atom stereocenters. The molecule has 40 heavy (non-hydrogen) atoms. The summed E-state index contributed by atoms with van der Waals surface area (Å²) in [5.41, 5.74) is 0.368. The molecule has 2 amide bonds. The summed E-state index contributed by atoms with van der Waals surface area (Å²) in [6.45, 7) is 4.77. The quantitative estimate of drug-likeness (QED) is 0.292. The fourth-order valence-electron chi connectivity index (χ4n) is 4.04. The number of rotatable bonds is 13. The van der Waals surface area contributed by atoms with Crippen LogP contribution in [0.2, 0.25) is 0 Å². The molecule has 0 aliphatic rings. The molecule has 8 nitrogen and oxygen atoms in total. The molecule has 0 fully saturated rings. The molecule has 3 aromatic rings. The van der Waals surface area contributed by atoms with Crippen LogP contribution >= 0.6 is 11.8 Å². The second kappa shape index (κ2) is 14.2. The minimum atomic E-state index is -4.26. The lowest BCUT2D eigenvalue weighted by Crippen LogP contribution is -2.51. The number of hydrogen-bond donors (Lipinski definition) is 1. The molecule has 0 aliphatic carbocycles. The first kappa shape index (κ1) is 31.0. The Morgan fingerprint density at radius 1 is 1.00 bits per heavy atom. The molecule has 0 spiro atoms. The number of thioether (sulfide) groups is 1. The molecular weight excluding hydrogens is 553 g/mol. The standard InChI is InChI=1S/C29H34FN3O5S2/c1-5-31-29(35)21(3)32(19-22-11-7-8-12-25(22)30)28(34)20-33(26-13-9-10-14-27(26)38-6-2)40(36,37)24-17-15-23(39-4)16-18-24/h7-18,21H,5-6,19-20H2,1-4H3,(H,31,35)/t21-/m0/s1. The molecule has 0 aromatic heterocycles. The highest BCUT2D eigenvalue weighted by atomic mass is 32.2. The van der Waals surface area contributed by atoms with E-state index in [0.717, 1.165) is 9.20 Å². The van der Waals surface area contributed by atoms with Crippen molar-refractivity contribution in [1.82, 2.24) is 10.2 Å². The first-order valence-corrected chi connectivity index (χ1v) is 15.5. The molecule has 0 saturated carbocycles. The Morgan fingerprint density at radius 3 is 2.27 bits per heavy atom. The van der Waals surface area contributed by atoms with Crippen LogP contribution in [0.4, 0.5) is 10.1 Å². The number of halogens is 1. The lowest BCUT2D eigenvalue weighted by molar-refractivity contribution is -0.139. The first-order valence-electron chi connectivity index (χ1n) is 12.8. The molecule has 3 rings (SSSR count). The van der Waals surface area contributed by atoms with Crippen LogP contribution in [0, 0.1) is 5.82 Å². The van der Waals surface area contributed by atoms with Gasteiger partial charge < -0.3 is 15.0 Å². The van der Waals surface area contributed by atoms with Crippen LogP contribution in [0.5, 0.6) is 5.75 Å². The number of sulfonamides is 1. The summed E-state index contributed by atoms with van der Waals surface area (Å²) in [6.07, 6.45) is 1.88. The molecule has 214 valence electrons. The van der Waals surface area contributed by atoms with Crippen LogP contribution in [0.1, 0.15) is 26.3 Å². The van der Waals surface area contributed by atoms with Gasteiger partial charge in [-0.15, -0.1) is 11.8 Å². The number of carbonyl (C=O) groups is 2.